The van der Waals surface area contributed by atoms with E-state index < -0.39 is 10.0 Å². The lowest BCUT2D eigenvalue weighted by atomic mass is 9.96. The third-order valence-corrected chi connectivity index (χ3v) is 7.42. The summed E-state index contributed by atoms with van der Waals surface area (Å²) in [5, 5.41) is 7.08. The zero-order valence-electron chi connectivity index (χ0n) is 17.2. The molecule has 7 nitrogen and oxygen atoms in total. The van der Waals surface area contributed by atoms with Crippen molar-refractivity contribution >= 4 is 15.9 Å². The standard InChI is InChI=1S/C21H30N4O3S/c1-17-15-23-25(16-17)14-6-13-22-21(26)18-9-11-20(12-10-18)29(27,28)24(2)19-7-4-3-5-8-19/h9-12,15-16,19H,3-8,13-14H2,1-2H3,(H,22,26). The maximum atomic E-state index is 12.9. The second-order valence-electron chi connectivity index (χ2n) is 7.73. The molecule has 3 rings (SSSR count). The minimum absolute atomic E-state index is 0.0651. The molecule has 0 unspecified atom stereocenters. The van der Waals surface area contributed by atoms with Crippen LogP contribution in [0.5, 0.6) is 0 Å². The van der Waals surface area contributed by atoms with Gasteiger partial charge in [0, 0.05) is 37.9 Å². The molecule has 0 bridgehead atoms. The van der Waals surface area contributed by atoms with Crippen molar-refractivity contribution < 1.29 is 13.2 Å². The van der Waals surface area contributed by atoms with Crippen molar-refractivity contribution in [1.82, 2.24) is 19.4 Å². The van der Waals surface area contributed by atoms with Crippen LogP contribution in [0.2, 0.25) is 0 Å². The monoisotopic (exact) mass is 418 g/mol. The van der Waals surface area contributed by atoms with Crippen LogP contribution >= 0.6 is 0 Å². The summed E-state index contributed by atoms with van der Waals surface area (Å²) in [4.78, 5) is 12.5. The van der Waals surface area contributed by atoms with Gasteiger partial charge < -0.3 is 5.32 Å². The first-order valence-electron chi connectivity index (χ1n) is 10.2. The van der Waals surface area contributed by atoms with Crippen molar-refractivity contribution in [1.29, 1.82) is 0 Å². The van der Waals surface area contributed by atoms with E-state index in [9.17, 15) is 13.2 Å². The van der Waals surface area contributed by atoms with Crippen LogP contribution in [0.15, 0.2) is 41.6 Å². The van der Waals surface area contributed by atoms with Crippen molar-refractivity contribution in [3.63, 3.8) is 0 Å². The summed E-state index contributed by atoms with van der Waals surface area (Å²) >= 11 is 0. The number of aromatic nitrogens is 2. The molecule has 0 saturated heterocycles. The van der Waals surface area contributed by atoms with Crippen molar-refractivity contribution in [3.8, 4) is 0 Å². The van der Waals surface area contributed by atoms with E-state index in [-0.39, 0.29) is 16.8 Å². The van der Waals surface area contributed by atoms with Crippen molar-refractivity contribution in [2.24, 2.45) is 0 Å². The number of rotatable bonds is 8. The van der Waals surface area contributed by atoms with Gasteiger partial charge in [-0.2, -0.15) is 9.40 Å². The topological polar surface area (TPSA) is 84.3 Å². The Balaban J connectivity index is 1.53. The predicted octanol–water partition coefficient (Wildman–Crippen LogP) is 2.96. The van der Waals surface area contributed by atoms with E-state index in [0.717, 1.165) is 44.2 Å². The molecule has 1 fully saturated rings. The van der Waals surface area contributed by atoms with Crippen LogP contribution in [0.25, 0.3) is 0 Å². The quantitative estimate of drug-likeness (QED) is 0.668. The van der Waals surface area contributed by atoms with E-state index >= 15 is 0 Å². The minimum atomic E-state index is -3.54. The molecule has 1 aromatic heterocycles. The number of carbonyl (C=O) groups excluding carboxylic acids is 1. The number of benzene rings is 1. The number of sulfonamides is 1. The number of nitrogens with zero attached hydrogens (tertiary/aromatic N) is 3. The van der Waals surface area contributed by atoms with E-state index in [1.54, 1.807) is 25.4 Å². The molecule has 8 heteroatoms. The van der Waals surface area contributed by atoms with Crippen molar-refractivity contribution in [2.45, 2.75) is 62.9 Å². The first-order chi connectivity index (χ1) is 13.9. The third kappa shape index (κ3) is 5.45. The lowest BCUT2D eigenvalue weighted by molar-refractivity contribution is 0.0952. The van der Waals surface area contributed by atoms with Gasteiger partial charge in [0.15, 0.2) is 0 Å². The Labute approximate surface area is 173 Å². The molecule has 1 amide bonds. The van der Waals surface area contributed by atoms with Gasteiger partial charge in [-0.1, -0.05) is 19.3 Å². The zero-order chi connectivity index (χ0) is 20.9. The normalized spacial score (nSPS) is 15.6. The van der Waals surface area contributed by atoms with Gasteiger partial charge in [-0.3, -0.25) is 9.48 Å². The number of carbonyl (C=O) groups is 1. The van der Waals surface area contributed by atoms with Crippen LogP contribution in [0, 0.1) is 6.92 Å². The second-order valence-corrected chi connectivity index (χ2v) is 9.73. The molecule has 0 aliphatic heterocycles. The summed E-state index contributed by atoms with van der Waals surface area (Å²) in [6.45, 7) is 3.25. The molecule has 1 saturated carbocycles. The fourth-order valence-electron chi connectivity index (χ4n) is 3.72. The molecule has 0 spiro atoms. The lowest BCUT2D eigenvalue weighted by Crippen LogP contribution is -2.38. The summed E-state index contributed by atoms with van der Waals surface area (Å²) in [7, 11) is -1.88. The summed E-state index contributed by atoms with van der Waals surface area (Å²) in [6.07, 6.45) is 9.68. The van der Waals surface area contributed by atoms with Crippen LogP contribution in [0.1, 0.15) is 54.4 Å². The Kier molecular flexibility index (Phi) is 7.08. The minimum Gasteiger partial charge on any atom is -0.352 e. The van der Waals surface area contributed by atoms with Crippen LogP contribution in [0.3, 0.4) is 0 Å². The first-order valence-corrected chi connectivity index (χ1v) is 11.7. The van der Waals surface area contributed by atoms with Crippen LogP contribution in [-0.4, -0.2) is 48.0 Å². The fraction of sp³-hybridized carbons (Fsp3) is 0.524. The van der Waals surface area contributed by atoms with Gasteiger partial charge in [-0.15, -0.1) is 0 Å². The smallest absolute Gasteiger partial charge is 0.251 e. The Morgan fingerprint density at radius 3 is 2.52 bits per heavy atom. The van der Waals surface area contributed by atoms with Gasteiger partial charge in [-0.05, 0) is 56.0 Å². The number of amides is 1. The number of hydrogen-bond donors (Lipinski definition) is 1. The third-order valence-electron chi connectivity index (χ3n) is 5.49. The number of nitrogens with one attached hydrogen (secondary N) is 1. The highest BCUT2D eigenvalue weighted by Gasteiger charge is 2.29. The Morgan fingerprint density at radius 1 is 1.21 bits per heavy atom. The average molecular weight is 419 g/mol. The molecule has 1 aromatic carbocycles. The lowest BCUT2D eigenvalue weighted by Gasteiger charge is -2.30. The molecule has 29 heavy (non-hydrogen) atoms. The average Bonchev–Trinajstić information content (AvgIpc) is 3.16. The van der Waals surface area contributed by atoms with E-state index in [0.29, 0.717) is 12.1 Å². The van der Waals surface area contributed by atoms with E-state index in [1.165, 1.54) is 22.9 Å². The Morgan fingerprint density at radius 2 is 1.90 bits per heavy atom. The van der Waals surface area contributed by atoms with Crippen molar-refractivity contribution in [2.75, 3.05) is 13.6 Å². The number of hydrogen-bond acceptors (Lipinski definition) is 4. The van der Waals surface area contributed by atoms with Gasteiger partial charge >= 0.3 is 0 Å². The summed E-state index contributed by atoms with van der Waals surface area (Å²) in [6, 6.07) is 6.27. The molecule has 1 aliphatic rings. The summed E-state index contributed by atoms with van der Waals surface area (Å²) in [5.74, 6) is -0.203. The van der Waals surface area contributed by atoms with Gasteiger partial charge in [0.25, 0.3) is 5.91 Å². The molecule has 158 valence electrons. The molecule has 1 heterocycles. The second kappa shape index (κ2) is 9.54. The van der Waals surface area contributed by atoms with Gasteiger partial charge in [-0.25, -0.2) is 8.42 Å². The maximum absolute atomic E-state index is 12.9. The zero-order valence-corrected chi connectivity index (χ0v) is 18.0. The molecule has 0 radical (unpaired) electrons. The molecular weight excluding hydrogens is 388 g/mol. The Hall–Kier alpha value is -2.19. The van der Waals surface area contributed by atoms with E-state index in [4.69, 9.17) is 0 Å². The van der Waals surface area contributed by atoms with Crippen molar-refractivity contribution in [3.05, 3.63) is 47.8 Å². The molecule has 1 N–H and O–H groups in total. The van der Waals surface area contributed by atoms with Gasteiger partial charge in [0.05, 0.1) is 11.1 Å². The van der Waals surface area contributed by atoms with E-state index in [2.05, 4.69) is 10.4 Å². The van der Waals surface area contributed by atoms with Crippen LogP contribution in [0.4, 0.5) is 0 Å². The fourth-order valence-corrected chi connectivity index (χ4v) is 5.14. The highest BCUT2D eigenvalue weighted by atomic mass is 32.2. The predicted molar refractivity (Wildman–Crippen MR) is 112 cm³/mol. The molecule has 0 atom stereocenters. The van der Waals surface area contributed by atoms with Gasteiger partial charge in [0.1, 0.15) is 0 Å². The molecular formula is C21H30N4O3S. The largest absolute Gasteiger partial charge is 0.352 e. The summed E-state index contributed by atoms with van der Waals surface area (Å²) < 4.78 is 29.1. The van der Waals surface area contributed by atoms with E-state index in [1.807, 2.05) is 17.8 Å². The van der Waals surface area contributed by atoms with Gasteiger partial charge in [0.2, 0.25) is 10.0 Å². The molecule has 1 aliphatic carbocycles. The maximum Gasteiger partial charge on any atom is 0.251 e. The summed E-state index contributed by atoms with van der Waals surface area (Å²) in [5.41, 5.74) is 1.57. The highest BCUT2D eigenvalue weighted by Crippen LogP contribution is 2.26. The number of aryl methyl sites for hydroxylation is 2. The highest BCUT2D eigenvalue weighted by molar-refractivity contribution is 7.89. The van der Waals surface area contributed by atoms with Crippen LogP contribution in [-0.2, 0) is 16.6 Å². The SMILES string of the molecule is Cc1cnn(CCCNC(=O)c2ccc(S(=O)(=O)N(C)C3CCCCC3)cc2)c1. The molecule has 2 aromatic rings. The Bertz CT molecular complexity index is 916. The van der Waals surface area contributed by atoms with Crippen LogP contribution < -0.4 is 5.32 Å². The first kappa shape index (κ1) is 21.5.